The molecule has 0 saturated carbocycles. The Balaban J connectivity index is 2.10. The van der Waals surface area contributed by atoms with Crippen LogP contribution in [0.2, 0.25) is 0 Å². The van der Waals surface area contributed by atoms with Crippen LogP contribution < -0.4 is 0 Å². The van der Waals surface area contributed by atoms with Crippen molar-refractivity contribution >= 4 is 5.84 Å². The van der Waals surface area contributed by atoms with Crippen molar-refractivity contribution in [2.24, 2.45) is 0 Å². The molecule has 2 N–H and O–H groups in total. The van der Waals surface area contributed by atoms with Gasteiger partial charge in [-0.15, -0.1) is 0 Å². The average Bonchev–Trinajstić information content (AvgIpc) is 2.41. The van der Waals surface area contributed by atoms with Gasteiger partial charge in [-0.2, -0.15) is 0 Å². The first-order valence-corrected chi connectivity index (χ1v) is 6.16. The number of phenols is 1. The molecule has 0 aromatic heterocycles. The number of nitrogens with zero attached hydrogens (tertiary/aromatic N) is 2. The van der Waals surface area contributed by atoms with Gasteiger partial charge in [0.15, 0.2) is 0 Å². The number of phenolic OH excluding ortho intramolecular Hbond substituents is 1. The lowest BCUT2D eigenvalue weighted by Crippen LogP contribution is -2.48. The molecule has 0 aliphatic carbocycles. The number of amidine groups is 1. The van der Waals surface area contributed by atoms with Crippen LogP contribution in [0.3, 0.4) is 0 Å². The van der Waals surface area contributed by atoms with E-state index in [0.29, 0.717) is 0 Å². The highest BCUT2D eigenvalue weighted by Crippen LogP contribution is 2.20. The van der Waals surface area contributed by atoms with Crippen LogP contribution in [0.25, 0.3) is 0 Å². The Kier molecular flexibility index (Phi) is 3.81. The van der Waals surface area contributed by atoms with Gasteiger partial charge >= 0.3 is 0 Å². The lowest BCUT2D eigenvalue weighted by molar-refractivity contribution is 0.189. The minimum Gasteiger partial charge on any atom is -0.507 e. The number of nitrogens with one attached hydrogen (secondary N) is 1. The molecule has 18 heavy (non-hydrogen) atoms. The van der Waals surface area contributed by atoms with Gasteiger partial charge in [0.1, 0.15) is 17.4 Å². The van der Waals surface area contributed by atoms with E-state index in [9.17, 15) is 9.50 Å². The van der Waals surface area contributed by atoms with Gasteiger partial charge in [-0.3, -0.25) is 5.41 Å². The largest absolute Gasteiger partial charge is 0.507 e. The Labute approximate surface area is 106 Å². The summed E-state index contributed by atoms with van der Waals surface area (Å²) in [4.78, 5) is 4.18. The van der Waals surface area contributed by atoms with Gasteiger partial charge in [-0.25, -0.2) is 4.39 Å². The van der Waals surface area contributed by atoms with E-state index in [2.05, 4.69) is 11.8 Å². The zero-order chi connectivity index (χ0) is 13.1. The lowest BCUT2D eigenvalue weighted by Gasteiger charge is -2.35. The summed E-state index contributed by atoms with van der Waals surface area (Å²) >= 11 is 0. The summed E-state index contributed by atoms with van der Waals surface area (Å²) in [6.45, 7) is 6.39. The van der Waals surface area contributed by atoms with E-state index in [0.717, 1.165) is 32.7 Å². The highest BCUT2D eigenvalue weighted by Gasteiger charge is 2.20. The number of benzene rings is 1. The fraction of sp³-hybridized carbons (Fsp3) is 0.462. The second kappa shape index (κ2) is 5.35. The number of piperazine rings is 1. The van der Waals surface area contributed by atoms with Crippen molar-refractivity contribution < 1.29 is 9.50 Å². The first-order chi connectivity index (χ1) is 8.61. The summed E-state index contributed by atoms with van der Waals surface area (Å²) in [6.07, 6.45) is 0. The first-order valence-electron chi connectivity index (χ1n) is 6.16. The number of hydrogen-bond donors (Lipinski definition) is 2. The van der Waals surface area contributed by atoms with E-state index in [-0.39, 0.29) is 17.1 Å². The van der Waals surface area contributed by atoms with Gasteiger partial charge in [0.2, 0.25) is 0 Å². The maximum absolute atomic E-state index is 13.2. The third-order valence-corrected chi connectivity index (χ3v) is 3.35. The van der Waals surface area contributed by atoms with E-state index in [4.69, 9.17) is 5.41 Å². The molecule has 0 bridgehead atoms. The molecule has 0 radical (unpaired) electrons. The summed E-state index contributed by atoms with van der Waals surface area (Å²) in [6, 6.07) is 3.70. The van der Waals surface area contributed by atoms with Crippen LogP contribution in [-0.2, 0) is 0 Å². The summed E-state index contributed by atoms with van der Waals surface area (Å²) in [5.41, 5.74) is 0.264. The van der Waals surface area contributed by atoms with Crippen LogP contribution in [-0.4, -0.2) is 53.5 Å². The van der Waals surface area contributed by atoms with Gasteiger partial charge in [0.05, 0.1) is 5.56 Å². The smallest absolute Gasteiger partial charge is 0.132 e. The SMILES string of the molecule is CCN1CCN(C(=N)c2cc(F)ccc2O)CC1. The molecule has 0 amide bonds. The summed E-state index contributed by atoms with van der Waals surface area (Å²) in [5.74, 6) is -0.276. The fourth-order valence-electron chi connectivity index (χ4n) is 2.16. The molecule has 4 nitrogen and oxygen atoms in total. The van der Waals surface area contributed by atoms with Crippen molar-refractivity contribution in [2.45, 2.75) is 6.92 Å². The number of rotatable bonds is 2. The van der Waals surface area contributed by atoms with E-state index in [1.54, 1.807) is 0 Å². The second-order valence-electron chi connectivity index (χ2n) is 4.43. The highest BCUT2D eigenvalue weighted by atomic mass is 19.1. The third kappa shape index (κ3) is 2.61. The molecule has 1 aromatic carbocycles. The Hall–Kier alpha value is -1.62. The molecule has 2 rings (SSSR count). The molecule has 0 unspecified atom stereocenters. The molecule has 0 spiro atoms. The topological polar surface area (TPSA) is 50.6 Å². The molecule has 1 aliphatic heterocycles. The van der Waals surface area contributed by atoms with Crippen LogP contribution in [0.1, 0.15) is 12.5 Å². The molecule has 1 heterocycles. The van der Waals surface area contributed by atoms with Crippen molar-refractivity contribution in [2.75, 3.05) is 32.7 Å². The van der Waals surface area contributed by atoms with Crippen molar-refractivity contribution in [3.63, 3.8) is 0 Å². The van der Waals surface area contributed by atoms with Crippen LogP contribution in [0.5, 0.6) is 5.75 Å². The molecule has 0 atom stereocenters. The lowest BCUT2D eigenvalue weighted by atomic mass is 10.1. The molecule has 1 aromatic rings. The third-order valence-electron chi connectivity index (χ3n) is 3.35. The van der Waals surface area contributed by atoms with Crippen LogP contribution in [0.4, 0.5) is 4.39 Å². The Bertz CT molecular complexity index is 442. The van der Waals surface area contributed by atoms with Crippen molar-refractivity contribution in [3.8, 4) is 5.75 Å². The number of aromatic hydroxyl groups is 1. The van der Waals surface area contributed by atoms with Gasteiger partial charge < -0.3 is 14.9 Å². The Morgan fingerprint density at radius 3 is 2.61 bits per heavy atom. The number of halogens is 1. The normalized spacial score (nSPS) is 16.9. The number of hydrogen-bond acceptors (Lipinski definition) is 3. The van der Waals surface area contributed by atoms with Gasteiger partial charge in [-0.1, -0.05) is 6.92 Å². The predicted octanol–water partition coefficient (Wildman–Crippen LogP) is 1.49. The molecular weight excluding hydrogens is 233 g/mol. The molecule has 98 valence electrons. The molecule has 5 heteroatoms. The fourth-order valence-corrected chi connectivity index (χ4v) is 2.16. The van der Waals surface area contributed by atoms with Crippen molar-refractivity contribution in [1.29, 1.82) is 5.41 Å². The van der Waals surface area contributed by atoms with E-state index in [1.807, 2.05) is 4.90 Å². The van der Waals surface area contributed by atoms with E-state index < -0.39 is 5.82 Å². The maximum Gasteiger partial charge on any atom is 0.132 e. The highest BCUT2D eigenvalue weighted by molar-refractivity contribution is 5.98. The van der Waals surface area contributed by atoms with Crippen LogP contribution >= 0.6 is 0 Å². The standard InChI is InChI=1S/C13H18FN3O/c1-2-16-5-7-17(8-6-16)13(15)11-9-10(14)3-4-12(11)18/h3-4,9,15,18H,2,5-8H2,1H3. The predicted molar refractivity (Wildman–Crippen MR) is 68.6 cm³/mol. The van der Waals surface area contributed by atoms with Gasteiger partial charge in [0, 0.05) is 26.2 Å². The van der Waals surface area contributed by atoms with Gasteiger partial charge in [-0.05, 0) is 24.7 Å². The molecule has 1 fully saturated rings. The Morgan fingerprint density at radius 2 is 2.00 bits per heavy atom. The number of likely N-dealkylation sites (N-methyl/N-ethyl adjacent to an activating group) is 1. The summed E-state index contributed by atoms with van der Waals surface area (Å²) < 4.78 is 13.2. The Morgan fingerprint density at radius 1 is 1.33 bits per heavy atom. The second-order valence-corrected chi connectivity index (χ2v) is 4.43. The summed E-state index contributed by atoms with van der Waals surface area (Å²) in [5, 5.41) is 17.8. The van der Waals surface area contributed by atoms with Crippen LogP contribution in [0, 0.1) is 11.2 Å². The van der Waals surface area contributed by atoms with Crippen molar-refractivity contribution in [3.05, 3.63) is 29.6 Å². The molecular formula is C13H18FN3O. The molecule has 1 saturated heterocycles. The van der Waals surface area contributed by atoms with Gasteiger partial charge in [0.25, 0.3) is 0 Å². The monoisotopic (exact) mass is 251 g/mol. The molecule has 1 aliphatic rings. The minimum atomic E-state index is -0.431. The maximum atomic E-state index is 13.2. The van der Waals surface area contributed by atoms with E-state index >= 15 is 0 Å². The minimum absolute atomic E-state index is 0.0423. The van der Waals surface area contributed by atoms with Crippen LogP contribution in [0.15, 0.2) is 18.2 Å². The zero-order valence-electron chi connectivity index (χ0n) is 10.5. The summed E-state index contributed by atoms with van der Waals surface area (Å²) in [7, 11) is 0. The quantitative estimate of drug-likeness (QED) is 0.618. The van der Waals surface area contributed by atoms with E-state index in [1.165, 1.54) is 18.2 Å². The first kappa shape index (κ1) is 12.8. The van der Waals surface area contributed by atoms with Crippen molar-refractivity contribution in [1.82, 2.24) is 9.80 Å². The zero-order valence-corrected chi connectivity index (χ0v) is 10.5. The average molecular weight is 251 g/mol.